The minimum atomic E-state index is -0.767. The van der Waals surface area contributed by atoms with Gasteiger partial charge in [0.05, 0.1) is 12.5 Å². The third-order valence-electron chi connectivity index (χ3n) is 6.71. The van der Waals surface area contributed by atoms with E-state index >= 15 is 0 Å². The molecule has 10 heteroatoms. The predicted octanol–water partition coefficient (Wildman–Crippen LogP) is 4.70. The van der Waals surface area contributed by atoms with Gasteiger partial charge < -0.3 is 30.5 Å². The number of hydrogen-bond donors (Lipinski definition) is 4. The van der Waals surface area contributed by atoms with E-state index in [1.807, 2.05) is 31.2 Å². The maximum absolute atomic E-state index is 11.3. The zero-order chi connectivity index (χ0) is 26.9. The van der Waals surface area contributed by atoms with Gasteiger partial charge in [0, 0.05) is 18.8 Å². The molecular formula is C28H36N6O4. The number of aromatic hydroxyl groups is 1. The second-order valence-electron chi connectivity index (χ2n) is 9.69. The van der Waals surface area contributed by atoms with Gasteiger partial charge in [0.25, 0.3) is 0 Å². The van der Waals surface area contributed by atoms with E-state index in [2.05, 4.69) is 37.4 Å². The Morgan fingerprint density at radius 2 is 1.74 bits per heavy atom. The highest BCUT2D eigenvalue weighted by Gasteiger charge is 2.20. The fraction of sp³-hybridized carbons (Fsp3) is 0.429. The zero-order valence-electron chi connectivity index (χ0n) is 21.9. The molecule has 1 aliphatic heterocycles. The molecule has 1 unspecified atom stereocenters. The third kappa shape index (κ3) is 7.71. The van der Waals surface area contributed by atoms with Crippen LogP contribution in [0.5, 0.6) is 11.5 Å². The number of aromatic nitrogens is 3. The molecule has 38 heavy (non-hydrogen) atoms. The number of piperidine rings is 1. The van der Waals surface area contributed by atoms with Crippen LogP contribution in [0.4, 0.5) is 23.5 Å². The lowest BCUT2D eigenvalue weighted by atomic mass is 9.97. The normalized spacial score (nSPS) is 14.6. The molecule has 0 saturated carbocycles. The molecular weight excluding hydrogens is 484 g/mol. The van der Waals surface area contributed by atoms with Gasteiger partial charge in [0.2, 0.25) is 17.8 Å². The number of anilines is 4. The quantitative estimate of drug-likeness (QED) is 0.197. The Morgan fingerprint density at radius 3 is 2.39 bits per heavy atom. The lowest BCUT2D eigenvalue weighted by Crippen LogP contribution is -2.34. The number of phenolic OH excluding ortho intramolecular Hbond substituents is 1. The molecule has 0 aliphatic carbocycles. The number of nitrogens with one attached hydrogen (secondary N) is 2. The molecule has 1 atom stereocenters. The predicted molar refractivity (Wildman–Crippen MR) is 147 cm³/mol. The summed E-state index contributed by atoms with van der Waals surface area (Å²) >= 11 is 0. The molecule has 2 heterocycles. The lowest BCUT2D eigenvalue weighted by Gasteiger charge is -2.30. The van der Waals surface area contributed by atoms with Crippen LogP contribution >= 0.6 is 0 Å². The molecule has 4 rings (SSSR count). The zero-order valence-corrected chi connectivity index (χ0v) is 21.9. The van der Waals surface area contributed by atoms with Crippen molar-refractivity contribution in [3.63, 3.8) is 0 Å². The Morgan fingerprint density at radius 1 is 1.05 bits per heavy atom. The smallest absolute Gasteiger partial charge is 0.306 e. The number of phenols is 1. The van der Waals surface area contributed by atoms with Crippen molar-refractivity contribution in [3.8, 4) is 11.5 Å². The fourth-order valence-electron chi connectivity index (χ4n) is 4.27. The Hall–Kier alpha value is -4.08. The van der Waals surface area contributed by atoms with Crippen LogP contribution in [0.1, 0.15) is 38.7 Å². The summed E-state index contributed by atoms with van der Waals surface area (Å²) in [5.41, 5.74) is 1.74. The van der Waals surface area contributed by atoms with E-state index in [1.165, 1.54) is 0 Å². The van der Waals surface area contributed by atoms with Crippen molar-refractivity contribution in [3.05, 3.63) is 54.1 Å². The van der Waals surface area contributed by atoms with Crippen LogP contribution < -0.4 is 20.3 Å². The molecule has 10 nitrogen and oxygen atoms in total. The minimum Gasteiger partial charge on any atom is -0.508 e. The average Bonchev–Trinajstić information content (AvgIpc) is 2.92. The van der Waals surface area contributed by atoms with Crippen LogP contribution in [-0.4, -0.2) is 57.4 Å². The summed E-state index contributed by atoms with van der Waals surface area (Å²) in [5.74, 6) is 1.95. The number of benzene rings is 2. The van der Waals surface area contributed by atoms with E-state index in [0.717, 1.165) is 37.2 Å². The van der Waals surface area contributed by atoms with Gasteiger partial charge in [-0.25, -0.2) is 0 Å². The van der Waals surface area contributed by atoms with E-state index in [1.54, 1.807) is 24.3 Å². The van der Waals surface area contributed by atoms with Crippen LogP contribution in [0.25, 0.3) is 0 Å². The van der Waals surface area contributed by atoms with Gasteiger partial charge >= 0.3 is 5.97 Å². The van der Waals surface area contributed by atoms with Crippen LogP contribution in [0.3, 0.4) is 0 Å². The molecule has 1 saturated heterocycles. The first kappa shape index (κ1) is 27.0. The van der Waals surface area contributed by atoms with Crippen molar-refractivity contribution in [2.75, 3.05) is 41.8 Å². The highest BCUT2D eigenvalue weighted by Crippen LogP contribution is 2.24. The topological polar surface area (TPSA) is 133 Å². The van der Waals surface area contributed by atoms with E-state index in [4.69, 9.17) is 4.74 Å². The summed E-state index contributed by atoms with van der Waals surface area (Å²) in [6, 6.07) is 14.3. The van der Waals surface area contributed by atoms with Gasteiger partial charge in [-0.05, 0) is 73.6 Å². The number of carboxylic acid groups (broad SMARTS) is 1. The van der Waals surface area contributed by atoms with Gasteiger partial charge in [0.15, 0.2) is 0 Å². The Kier molecular flexibility index (Phi) is 9.18. The first-order valence-corrected chi connectivity index (χ1v) is 13.1. The van der Waals surface area contributed by atoms with Crippen molar-refractivity contribution in [1.29, 1.82) is 0 Å². The van der Waals surface area contributed by atoms with Crippen LogP contribution in [0.15, 0.2) is 48.5 Å². The van der Waals surface area contributed by atoms with Gasteiger partial charge in [-0.2, -0.15) is 15.0 Å². The highest BCUT2D eigenvalue weighted by atomic mass is 16.5. The maximum Gasteiger partial charge on any atom is 0.306 e. The largest absolute Gasteiger partial charge is 0.508 e. The molecule has 1 aromatic heterocycles. The fourth-order valence-corrected chi connectivity index (χ4v) is 4.27. The van der Waals surface area contributed by atoms with Crippen molar-refractivity contribution in [2.45, 2.75) is 39.5 Å². The third-order valence-corrected chi connectivity index (χ3v) is 6.71. The lowest BCUT2D eigenvalue weighted by molar-refractivity contribution is -0.141. The van der Waals surface area contributed by atoms with Gasteiger partial charge in [-0.3, -0.25) is 4.79 Å². The van der Waals surface area contributed by atoms with E-state index in [-0.39, 0.29) is 11.7 Å². The summed E-state index contributed by atoms with van der Waals surface area (Å²) in [7, 11) is 0. The van der Waals surface area contributed by atoms with Gasteiger partial charge in [-0.15, -0.1) is 0 Å². The van der Waals surface area contributed by atoms with E-state index in [0.29, 0.717) is 55.5 Å². The number of carboxylic acids is 1. The van der Waals surface area contributed by atoms with Gasteiger partial charge in [-0.1, -0.05) is 26.0 Å². The number of hydrogen-bond acceptors (Lipinski definition) is 9. The summed E-state index contributed by atoms with van der Waals surface area (Å²) in [6.45, 7) is 6.83. The Balaban J connectivity index is 1.36. The Labute approximate surface area is 223 Å². The first-order valence-electron chi connectivity index (χ1n) is 13.1. The number of rotatable bonds is 12. The molecule has 1 fully saturated rings. The number of carbonyl (C=O) groups is 1. The summed E-state index contributed by atoms with van der Waals surface area (Å²) in [4.78, 5) is 27.3. The molecule has 0 spiro atoms. The molecule has 2 aromatic carbocycles. The first-order chi connectivity index (χ1) is 18.4. The highest BCUT2D eigenvalue weighted by molar-refractivity contribution is 5.70. The second-order valence-corrected chi connectivity index (χ2v) is 9.69. The molecule has 3 aromatic rings. The summed E-state index contributed by atoms with van der Waals surface area (Å²) in [6.07, 6.45) is 3.29. The molecule has 0 amide bonds. The maximum atomic E-state index is 11.3. The van der Waals surface area contributed by atoms with Crippen LogP contribution in [0.2, 0.25) is 0 Å². The molecule has 202 valence electrons. The van der Waals surface area contributed by atoms with E-state index < -0.39 is 5.97 Å². The number of ether oxygens (including phenoxy) is 1. The van der Waals surface area contributed by atoms with Crippen molar-refractivity contribution in [1.82, 2.24) is 15.0 Å². The number of nitrogens with zero attached hydrogens (tertiary/aromatic N) is 4. The molecule has 1 aliphatic rings. The molecule has 0 radical (unpaired) electrons. The summed E-state index contributed by atoms with van der Waals surface area (Å²) in [5, 5.41) is 25.3. The monoisotopic (exact) mass is 520 g/mol. The minimum absolute atomic E-state index is 0.191. The standard InChI is InChI=1S/C28H36N6O4/c1-3-21(25(36)37)18-20-4-10-24(11-5-20)38-17-14-29-26-31-27(30-22-6-8-23(35)9-7-22)33-28(32-26)34-15-12-19(2)13-16-34/h4-11,19,21,35H,3,12-18H2,1-2H3,(H,36,37)(H2,29,30,31,32,33). The average molecular weight is 521 g/mol. The second kappa shape index (κ2) is 12.9. The Bertz CT molecular complexity index is 1180. The number of aliphatic carboxylic acids is 1. The van der Waals surface area contributed by atoms with Crippen molar-refractivity contribution < 1.29 is 19.7 Å². The SMILES string of the molecule is CCC(Cc1ccc(OCCNc2nc(Nc3ccc(O)cc3)nc(N3CCC(C)CC3)n2)cc1)C(=O)O. The van der Waals surface area contributed by atoms with Crippen LogP contribution in [-0.2, 0) is 11.2 Å². The van der Waals surface area contributed by atoms with E-state index in [9.17, 15) is 15.0 Å². The van der Waals surface area contributed by atoms with Crippen LogP contribution in [0, 0.1) is 11.8 Å². The van der Waals surface area contributed by atoms with Gasteiger partial charge in [0.1, 0.15) is 18.1 Å². The van der Waals surface area contributed by atoms with Crippen molar-refractivity contribution in [2.24, 2.45) is 11.8 Å². The summed E-state index contributed by atoms with van der Waals surface area (Å²) < 4.78 is 5.86. The van der Waals surface area contributed by atoms with Crippen molar-refractivity contribution >= 4 is 29.5 Å². The molecule has 0 bridgehead atoms. The molecule has 4 N–H and O–H groups in total.